The van der Waals surface area contributed by atoms with Crippen molar-refractivity contribution in [1.82, 2.24) is 5.32 Å². The van der Waals surface area contributed by atoms with Gasteiger partial charge in [-0.15, -0.1) is 0 Å². The summed E-state index contributed by atoms with van der Waals surface area (Å²) in [6.07, 6.45) is -0.0363. The van der Waals surface area contributed by atoms with E-state index in [9.17, 15) is 14.4 Å². The lowest BCUT2D eigenvalue weighted by Crippen LogP contribution is -2.38. The van der Waals surface area contributed by atoms with E-state index < -0.39 is 11.9 Å². The van der Waals surface area contributed by atoms with E-state index in [1.54, 1.807) is 19.1 Å². The number of rotatable bonds is 10. The summed E-state index contributed by atoms with van der Waals surface area (Å²) in [4.78, 5) is 35.6. The summed E-state index contributed by atoms with van der Waals surface area (Å²) < 4.78 is 9.81. The lowest BCUT2D eigenvalue weighted by Gasteiger charge is -2.12. The molecule has 0 fully saturated rings. The predicted octanol–water partition coefficient (Wildman–Crippen LogP) is 3.01. The maximum atomic E-state index is 12.3. The van der Waals surface area contributed by atoms with Crippen molar-refractivity contribution < 1.29 is 23.9 Å². The van der Waals surface area contributed by atoms with E-state index >= 15 is 0 Å². The number of Topliss-reactive ketones (excluding diaryl/α,β-unsaturated/α-hetero) is 1. The van der Waals surface area contributed by atoms with Gasteiger partial charge < -0.3 is 14.8 Å². The van der Waals surface area contributed by atoms with Gasteiger partial charge in [-0.1, -0.05) is 54.6 Å². The van der Waals surface area contributed by atoms with Crippen LogP contribution in [-0.2, 0) is 19.1 Å². The first-order chi connectivity index (χ1) is 13.5. The maximum absolute atomic E-state index is 12.3. The highest BCUT2D eigenvalue weighted by atomic mass is 16.5. The highest BCUT2D eigenvalue weighted by molar-refractivity contribution is 5.98. The lowest BCUT2D eigenvalue weighted by atomic mass is 10.0. The average Bonchev–Trinajstić information content (AvgIpc) is 2.71. The Balaban J connectivity index is 1.75. The molecule has 0 saturated carbocycles. The molecule has 1 N–H and O–H groups in total. The van der Waals surface area contributed by atoms with Gasteiger partial charge in [-0.3, -0.25) is 14.4 Å². The second-order valence-electron chi connectivity index (χ2n) is 6.45. The number of esters is 1. The van der Waals surface area contributed by atoms with E-state index in [-0.39, 0.29) is 31.3 Å². The molecule has 2 aromatic carbocycles. The number of benzene rings is 2. The van der Waals surface area contributed by atoms with Gasteiger partial charge in [0.25, 0.3) is 5.91 Å². The summed E-state index contributed by atoms with van der Waals surface area (Å²) in [7, 11) is 1.54. The summed E-state index contributed by atoms with van der Waals surface area (Å²) in [6, 6.07) is 17.0. The fourth-order valence-electron chi connectivity index (χ4n) is 2.67. The fourth-order valence-corrected chi connectivity index (χ4v) is 2.67. The summed E-state index contributed by atoms with van der Waals surface area (Å²) >= 11 is 0. The molecular weight excluding hydrogens is 358 g/mol. The quantitative estimate of drug-likeness (QED) is 0.504. The van der Waals surface area contributed by atoms with Gasteiger partial charge in [0.1, 0.15) is 0 Å². The molecule has 0 aliphatic heterocycles. The van der Waals surface area contributed by atoms with Crippen LogP contribution in [0, 0.1) is 0 Å². The molecular formula is C22H25NO5. The standard InChI is InChI=1S/C22H25NO5/c1-16(14-27-2)23-21(25)15-28-22(26)13-12-20(24)19-10-8-18(9-11-19)17-6-4-3-5-7-17/h3-11,16H,12-15H2,1-2H3,(H,23,25). The Morgan fingerprint density at radius 2 is 1.57 bits per heavy atom. The van der Waals surface area contributed by atoms with Crippen molar-refractivity contribution in [3.63, 3.8) is 0 Å². The molecule has 2 aromatic rings. The van der Waals surface area contributed by atoms with E-state index in [0.29, 0.717) is 12.2 Å². The second kappa shape index (κ2) is 11.0. The molecule has 0 spiro atoms. The molecule has 1 atom stereocenters. The molecule has 1 unspecified atom stereocenters. The fraction of sp³-hybridized carbons (Fsp3) is 0.318. The number of hydrogen-bond donors (Lipinski definition) is 1. The van der Waals surface area contributed by atoms with Gasteiger partial charge >= 0.3 is 5.97 Å². The molecule has 0 radical (unpaired) electrons. The molecule has 0 saturated heterocycles. The third kappa shape index (κ3) is 6.96. The van der Waals surface area contributed by atoms with Crippen LogP contribution in [0.15, 0.2) is 54.6 Å². The van der Waals surface area contributed by atoms with E-state index in [1.165, 1.54) is 7.11 Å². The molecule has 0 bridgehead atoms. The minimum absolute atomic E-state index is 0.0329. The van der Waals surface area contributed by atoms with Gasteiger partial charge in [-0.25, -0.2) is 0 Å². The van der Waals surface area contributed by atoms with Crippen molar-refractivity contribution in [1.29, 1.82) is 0 Å². The highest BCUT2D eigenvalue weighted by Crippen LogP contribution is 2.19. The summed E-state index contributed by atoms with van der Waals surface area (Å²) in [5.41, 5.74) is 2.63. The Bertz CT molecular complexity index is 786. The number of ether oxygens (including phenoxy) is 2. The zero-order valence-electron chi connectivity index (χ0n) is 16.1. The number of ketones is 1. The monoisotopic (exact) mass is 383 g/mol. The Hall–Kier alpha value is -2.99. The van der Waals surface area contributed by atoms with Gasteiger partial charge in [0.2, 0.25) is 0 Å². The van der Waals surface area contributed by atoms with Crippen LogP contribution >= 0.6 is 0 Å². The molecule has 0 aliphatic rings. The zero-order chi connectivity index (χ0) is 20.4. The normalized spacial score (nSPS) is 11.5. The first-order valence-corrected chi connectivity index (χ1v) is 9.12. The van der Waals surface area contributed by atoms with Crippen molar-refractivity contribution >= 4 is 17.7 Å². The third-order valence-electron chi connectivity index (χ3n) is 4.06. The molecule has 6 nitrogen and oxygen atoms in total. The van der Waals surface area contributed by atoms with Crippen LogP contribution in [0.4, 0.5) is 0 Å². The minimum atomic E-state index is -0.580. The number of hydrogen-bond acceptors (Lipinski definition) is 5. The Kier molecular flexibility index (Phi) is 8.37. The highest BCUT2D eigenvalue weighted by Gasteiger charge is 2.13. The SMILES string of the molecule is COCC(C)NC(=O)COC(=O)CCC(=O)c1ccc(-c2ccccc2)cc1. The molecule has 0 aromatic heterocycles. The van der Waals surface area contributed by atoms with Crippen LogP contribution in [0.1, 0.15) is 30.1 Å². The largest absolute Gasteiger partial charge is 0.456 e. The molecule has 0 aliphatic carbocycles. The van der Waals surface area contributed by atoms with Crippen LogP contribution in [-0.4, -0.2) is 44.0 Å². The summed E-state index contributed by atoms with van der Waals surface area (Å²) in [5.74, 6) is -1.13. The topological polar surface area (TPSA) is 81.7 Å². The van der Waals surface area contributed by atoms with Crippen LogP contribution < -0.4 is 5.32 Å². The first-order valence-electron chi connectivity index (χ1n) is 9.12. The molecule has 2 rings (SSSR count). The van der Waals surface area contributed by atoms with E-state index in [0.717, 1.165) is 11.1 Å². The van der Waals surface area contributed by atoms with Gasteiger partial charge in [0.05, 0.1) is 13.0 Å². The van der Waals surface area contributed by atoms with Gasteiger partial charge in [-0.2, -0.15) is 0 Å². The minimum Gasteiger partial charge on any atom is -0.456 e. The molecule has 28 heavy (non-hydrogen) atoms. The Morgan fingerprint density at radius 1 is 0.929 bits per heavy atom. The number of carbonyl (C=O) groups excluding carboxylic acids is 3. The van der Waals surface area contributed by atoms with Crippen molar-refractivity contribution in [2.45, 2.75) is 25.8 Å². The number of amides is 1. The van der Waals surface area contributed by atoms with Crippen molar-refractivity contribution in [2.24, 2.45) is 0 Å². The van der Waals surface area contributed by atoms with Crippen molar-refractivity contribution in [2.75, 3.05) is 20.3 Å². The number of methoxy groups -OCH3 is 1. The van der Waals surface area contributed by atoms with Crippen LogP contribution in [0.5, 0.6) is 0 Å². The zero-order valence-corrected chi connectivity index (χ0v) is 16.1. The number of nitrogens with one attached hydrogen (secondary N) is 1. The van der Waals surface area contributed by atoms with E-state index in [1.807, 2.05) is 42.5 Å². The van der Waals surface area contributed by atoms with Crippen molar-refractivity contribution in [3.8, 4) is 11.1 Å². The average molecular weight is 383 g/mol. The first kappa shape index (κ1) is 21.3. The van der Waals surface area contributed by atoms with Crippen molar-refractivity contribution in [3.05, 3.63) is 60.2 Å². The smallest absolute Gasteiger partial charge is 0.306 e. The molecule has 6 heteroatoms. The van der Waals surface area contributed by atoms with Gasteiger partial charge in [0.15, 0.2) is 12.4 Å². The third-order valence-corrected chi connectivity index (χ3v) is 4.06. The van der Waals surface area contributed by atoms with Crippen LogP contribution in [0.25, 0.3) is 11.1 Å². The van der Waals surface area contributed by atoms with E-state index in [4.69, 9.17) is 9.47 Å². The second-order valence-corrected chi connectivity index (χ2v) is 6.45. The van der Waals surface area contributed by atoms with Crippen LogP contribution in [0.2, 0.25) is 0 Å². The van der Waals surface area contributed by atoms with E-state index in [2.05, 4.69) is 5.32 Å². The Morgan fingerprint density at radius 3 is 2.21 bits per heavy atom. The molecule has 0 heterocycles. The summed E-state index contributed by atoms with van der Waals surface area (Å²) in [5, 5.41) is 2.64. The number of carbonyl (C=O) groups is 3. The van der Waals surface area contributed by atoms with Gasteiger partial charge in [-0.05, 0) is 18.1 Å². The molecule has 1 amide bonds. The lowest BCUT2D eigenvalue weighted by molar-refractivity contribution is -0.148. The molecule has 148 valence electrons. The summed E-state index contributed by atoms with van der Waals surface area (Å²) in [6.45, 7) is 1.79. The predicted molar refractivity (Wildman–Crippen MR) is 106 cm³/mol. The Labute approximate surface area is 164 Å². The van der Waals surface area contributed by atoms with Crippen LogP contribution in [0.3, 0.4) is 0 Å². The van der Waals surface area contributed by atoms with Gasteiger partial charge in [0, 0.05) is 25.1 Å². The maximum Gasteiger partial charge on any atom is 0.306 e.